The average molecular weight is 350 g/mol. The Labute approximate surface area is 148 Å². The van der Waals surface area contributed by atoms with E-state index >= 15 is 0 Å². The first-order chi connectivity index (χ1) is 12.6. The van der Waals surface area contributed by atoms with Crippen molar-refractivity contribution in [3.8, 4) is 6.07 Å². The molecule has 1 aliphatic heterocycles. The number of carbonyl (C=O) groups excluding carboxylic acids is 1. The number of aromatic nitrogens is 3. The fourth-order valence-corrected chi connectivity index (χ4v) is 3.45. The van der Waals surface area contributed by atoms with Crippen LogP contribution in [0.25, 0.3) is 5.65 Å². The molecule has 1 aromatic carbocycles. The van der Waals surface area contributed by atoms with Crippen LogP contribution in [0.5, 0.6) is 0 Å². The Morgan fingerprint density at radius 1 is 1.38 bits per heavy atom. The number of carbonyl (C=O) groups is 1. The van der Waals surface area contributed by atoms with Crippen molar-refractivity contribution < 1.29 is 9.18 Å². The van der Waals surface area contributed by atoms with Crippen LogP contribution in [0.15, 0.2) is 36.7 Å². The van der Waals surface area contributed by atoms with Crippen molar-refractivity contribution in [3.05, 3.63) is 59.2 Å². The quantitative estimate of drug-likeness (QED) is 0.780. The number of hydrogen-bond acceptors (Lipinski definition) is 5. The van der Waals surface area contributed by atoms with Gasteiger partial charge in [-0.15, -0.1) is 0 Å². The fraction of sp³-hybridized carbons (Fsp3) is 0.222. The number of amides is 1. The van der Waals surface area contributed by atoms with E-state index in [0.717, 1.165) is 24.9 Å². The number of rotatable bonds is 3. The van der Waals surface area contributed by atoms with Gasteiger partial charge >= 0.3 is 0 Å². The second-order valence-electron chi connectivity index (χ2n) is 6.21. The summed E-state index contributed by atoms with van der Waals surface area (Å²) in [4.78, 5) is 18.1. The van der Waals surface area contributed by atoms with Crippen molar-refractivity contribution >= 4 is 17.4 Å². The second-order valence-corrected chi connectivity index (χ2v) is 6.21. The summed E-state index contributed by atoms with van der Waals surface area (Å²) in [7, 11) is 0. The van der Waals surface area contributed by atoms with E-state index in [-0.39, 0.29) is 11.6 Å². The van der Waals surface area contributed by atoms with Crippen LogP contribution in [0.2, 0.25) is 0 Å². The van der Waals surface area contributed by atoms with Gasteiger partial charge in [0.05, 0.1) is 23.9 Å². The third-order valence-electron chi connectivity index (χ3n) is 4.60. The number of benzene rings is 1. The maximum Gasteiger partial charge on any atom is 0.254 e. The zero-order valence-electron chi connectivity index (χ0n) is 13.8. The van der Waals surface area contributed by atoms with Crippen molar-refractivity contribution in [2.75, 3.05) is 11.4 Å². The Morgan fingerprint density at radius 2 is 2.23 bits per heavy atom. The molecule has 3 aromatic rings. The summed E-state index contributed by atoms with van der Waals surface area (Å²) in [5, 5.41) is 13.2. The average Bonchev–Trinajstić information content (AvgIpc) is 3.27. The van der Waals surface area contributed by atoms with Crippen LogP contribution in [-0.4, -0.2) is 27.0 Å². The van der Waals surface area contributed by atoms with Crippen LogP contribution in [-0.2, 0) is 0 Å². The minimum Gasteiger partial charge on any atom is -0.365 e. The Morgan fingerprint density at radius 3 is 3.00 bits per heavy atom. The highest BCUT2D eigenvalue weighted by Gasteiger charge is 2.28. The summed E-state index contributed by atoms with van der Waals surface area (Å²) in [6.45, 7) is 0.742. The molecule has 2 aromatic heterocycles. The minimum atomic E-state index is -0.591. The smallest absolute Gasteiger partial charge is 0.254 e. The Hall–Kier alpha value is -3.47. The summed E-state index contributed by atoms with van der Waals surface area (Å²) in [5.41, 5.74) is 7.05. The van der Waals surface area contributed by atoms with Crippen molar-refractivity contribution in [1.82, 2.24) is 14.6 Å². The largest absolute Gasteiger partial charge is 0.365 e. The lowest BCUT2D eigenvalue weighted by atomic mass is 10.0. The third-order valence-corrected chi connectivity index (χ3v) is 4.60. The molecule has 1 amide bonds. The number of hydrogen-bond donors (Lipinski definition) is 1. The first-order valence-corrected chi connectivity index (χ1v) is 8.18. The Balaban J connectivity index is 1.76. The Bertz CT molecular complexity index is 1050. The highest BCUT2D eigenvalue weighted by Crippen LogP contribution is 2.36. The molecule has 1 aliphatic rings. The van der Waals surface area contributed by atoms with Crippen LogP contribution in [0, 0.1) is 17.1 Å². The highest BCUT2D eigenvalue weighted by atomic mass is 19.1. The number of anilines is 1. The van der Waals surface area contributed by atoms with Crippen molar-refractivity contribution in [1.29, 1.82) is 5.26 Å². The molecule has 0 bridgehead atoms. The van der Waals surface area contributed by atoms with E-state index in [4.69, 9.17) is 11.0 Å². The molecular weight excluding hydrogens is 335 g/mol. The molecule has 1 saturated heterocycles. The molecule has 0 aliphatic carbocycles. The van der Waals surface area contributed by atoms with Crippen molar-refractivity contribution in [2.24, 2.45) is 5.73 Å². The number of halogens is 1. The lowest BCUT2D eigenvalue weighted by Gasteiger charge is -2.26. The van der Waals surface area contributed by atoms with E-state index in [1.165, 1.54) is 22.8 Å². The molecule has 2 N–H and O–H groups in total. The lowest BCUT2D eigenvalue weighted by molar-refractivity contribution is 0.100. The number of nitrogens with two attached hydrogens (primary N) is 1. The molecule has 130 valence electrons. The number of primary amides is 1. The predicted molar refractivity (Wildman–Crippen MR) is 91.9 cm³/mol. The standard InChI is InChI=1S/C18H15FN6O/c19-13-7-11(9-20)6-12(8-13)15-2-1-4-24(15)16-3-5-25-18(23-16)14(10-22-25)17(21)26/h3,5-8,10,15H,1-2,4H2,(H2,21,26). The van der Waals surface area contributed by atoms with Gasteiger partial charge in [0.2, 0.25) is 0 Å². The predicted octanol–water partition coefficient (Wildman–Crippen LogP) is 2.18. The Kier molecular flexibility index (Phi) is 3.77. The molecule has 1 fully saturated rings. The van der Waals surface area contributed by atoms with Gasteiger partial charge in [-0.3, -0.25) is 4.79 Å². The minimum absolute atomic E-state index is 0.0901. The molecule has 0 saturated carbocycles. The molecule has 0 radical (unpaired) electrons. The zero-order valence-corrected chi connectivity index (χ0v) is 13.8. The molecule has 4 rings (SSSR count). The summed E-state index contributed by atoms with van der Waals surface area (Å²) in [5.74, 6) is -0.363. The van der Waals surface area contributed by atoms with Crippen LogP contribution < -0.4 is 10.6 Å². The molecular formula is C18H15FN6O. The second kappa shape index (κ2) is 6.11. The number of fused-ring (bicyclic) bond motifs is 1. The van der Waals surface area contributed by atoms with E-state index in [9.17, 15) is 9.18 Å². The molecule has 3 heterocycles. The van der Waals surface area contributed by atoms with Gasteiger partial charge in [0.1, 0.15) is 17.2 Å². The van der Waals surface area contributed by atoms with Gasteiger partial charge in [-0.1, -0.05) is 0 Å². The molecule has 0 spiro atoms. The molecule has 8 heteroatoms. The lowest BCUT2D eigenvalue weighted by Crippen LogP contribution is -2.24. The van der Waals surface area contributed by atoms with Gasteiger partial charge in [0, 0.05) is 12.7 Å². The third kappa shape index (κ3) is 2.63. The van der Waals surface area contributed by atoms with Crippen LogP contribution in [0.3, 0.4) is 0 Å². The molecule has 26 heavy (non-hydrogen) atoms. The van der Waals surface area contributed by atoms with Crippen molar-refractivity contribution in [2.45, 2.75) is 18.9 Å². The van der Waals surface area contributed by atoms with Crippen LogP contribution >= 0.6 is 0 Å². The van der Waals surface area contributed by atoms with E-state index in [2.05, 4.69) is 10.1 Å². The van der Waals surface area contributed by atoms with E-state index in [0.29, 0.717) is 17.0 Å². The van der Waals surface area contributed by atoms with Crippen LogP contribution in [0.4, 0.5) is 10.2 Å². The van der Waals surface area contributed by atoms with Gasteiger partial charge in [0.15, 0.2) is 5.65 Å². The normalized spacial score (nSPS) is 16.8. The summed E-state index contributed by atoms with van der Waals surface area (Å²) in [6.07, 6.45) is 4.84. The first kappa shape index (κ1) is 16.0. The van der Waals surface area contributed by atoms with Crippen molar-refractivity contribution in [3.63, 3.8) is 0 Å². The number of nitrogens with zero attached hydrogens (tertiary/aromatic N) is 5. The topological polar surface area (TPSA) is 100 Å². The number of nitriles is 1. The van der Waals surface area contributed by atoms with Crippen LogP contribution in [0.1, 0.15) is 40.4 Å². The molecule has 7 nitrogen and oxygen atoms in total. The van der Waals surface area contributed by atoms with Gasteiger partial charge in [-0.05, 0) is 42.7 Å². The molecule has 1 unspecified atom stereocenters. The monoisotopic (exact) mass is 350 g/mol. The zero-order chi connectivity index (χ0) is 18.3. The van der Waals surface area contributed by atoms with Gasteiger partial charge in [0.25, 0.3) is 5.91 Å². The van der Waals surface area contributed by atoms with Gasteiger partial charge in [-0.2, -0.15) is 10.4 Å². The molecule has 1 atom stereocenters. The van der Waals surface area contributed by atoms with Gasteiger partial charge in [-0.25, -0.2) is 13.9 Å². The van der Waals surface area contributed by atoms with E-state index < -0.39 is 11.7 Å². The fourth-order valence-electron chi connectivity index (χ4n) is 3.45. The maximum atomic E-state index is 13.9. The van der Waals surface area contributed by atoms with E-state index in [1.807, 2.05) is 11.0 Å². The van der Waals surface area contributed by atoms with Gasteiger partial charge < -0.3 is 10.6 Å². The summed E-state index contributed by atoms with van der Waals surface area (Å²) in [6, 6.07) is 8.08. The maximum absolute atomic E-state index is 13.9. The summed E-state index contributed by atoms with van der Waals surface area (Å²) < 4.78 is 15.3. The highest BCUT2D eigenvalue weighted by molar-refractivity contribution is 5.98. The summed E-state index contributed by atoms with van der Waals surface area (Å²) >= 11 is 0. The SMILES string of the molecule is N#Cc1cc(F)cc(C2CCCN2c2ccn3ncc(C(N)=O)c3n2)c1. The van der Waals surface area contributed by atoms with E-state index in [1.54, 1.807) is 18.3 Å². The first-order valence-electron chi connectivity index (χ1n) is 8.18.